The van der Waals surface area contributed by atoms with Crippen LogP contribution in [0.1, 0.15) is 5.82 Å². The molecule has 1 heterocycles. The second kappa shape index (κ2) is 3.98. The molecule has 0 amide bonds. The van der Waals surface area contributed by atoms with Gasteiger partial charge in [-0.05, 0) is 21.8 Å². The van der Waals surface area contributed by atoms with Gasteiger partial charge in [-0.15, -0.1) is 6.20 Å². The molecule has 0 aliphatic rings. The molecule has 0 aliphatic heterocycles. The maximum absolute atomic E-state index is 3.73. The Morgan fingerprint density at radius 2 is 2.11 bits per heavy atom. The maximum atomic E-state index is 3.73. The molecule has 9 heavy (non-hydrogen) atoms. The van der Waals surface area contributed by atoms with Crippen molar-refractivity contribution in [2.75, 3.05) is 0 Å². The third-order valence-electron chi connectivity index (χ3n) is 0.592. The van der Waals surface area contributed by atoms with Gasteiger partial charge >= 0.3 is 0 Å². The van der Waals surface area contributed by atoms with Gasteiger partial charge in [-0.3, -0.25) is 0 Å². The van der Waals surface area contributed by atoms with Crippen molar-refractivity contribution in [3.05, 3.63) is 16.6 Å². The summed E-state index contributed by atoms with van der Waals surface area (Å²) in [5, 5.41) is 7.27. The topological polar surface area (TPSA) is 38.7 Å². The fourth-order valence-electron chi connectivity index (χ4n) is 0.288. The number of hydrogen-bond donors (Lipinski definition) is 0. The van der Waals surface area contributed by atoms with Crippen LogP contribution in [0, 0.1) is 13.1 Å². The van der Waals surface area contributed by atoms with Gasteiger partial charge < -0.3 is 4.98 Å². The van der Waals surface area contributed by atoms with Crippen LogP contribution in [0.5, 0.6) is 0 Å². The fraction of sp³-hybridized carbons (Fsp3) is 0.250. The van der Waals surface area contributed by atoms with Crippen LogP contribution in [-0.4, -0.2) is 15.2 Å². The third kappa shape index (κ3) is 2.94. The first-order valence-corrected chi connectivity index (χ1v) is 2.83. The van der Waals surface area contributed by atoms with Crippen LogP contribution in [0.3, 0.4) is 0 Å². The molecule has 0 aliphatic carbocycles. The normalized spacial score (nSPS) is 8.22. The first kappa shape index (κ1) is 9.07. The molecule has 0 fully saturated rings. The van der Waals surface area contributed by atoms with Crippen molar-refractivity contribution >= 4 is 15.9 Å². The molecule has 0 unspecified atom stereocenters. The Morgan fingerprint density at radius 3 is 2.44 bits per heavy atom. The van der Waals surface area contributed by atoms with E-state index in [1.807, 2.05) is 0 Å². The molecule has 3 nitrogen and oxygen atoms in total. The Balaban J connectivity index is 0.000000640. The van der Waals surface area contributed by atoms with Gasteiger partial charge in [0.1, 0.15) is 0 Å². The second-order valence-corrected chi connectivity index (χ2v) is 2.01. The zero-order valence-electron chi connectivity index (χ0n) is 4.67. The summed E-state index contributed by atoms with van der Waals surface area (Å²) in [4.78, 5) is 3.73. The zero-order chi connectivity index (χ0) is 5.98. The Bertz CT molecular complexity index is 155. The Kier molecular flexibility index (Phi) is 4.01. The summed E-state index contributed by atoms with van der Waals surface area (Å²) < 4.78 is 0.545. The van der Waals surface area contributed by atoms with Gasteiger partial charge in [0, 0.05) is 18.6 Å². The second-order valence-electron chi connectivity index (χ2n) is 1.26. The minimum Gasteiger partial charge on any atom is -0.435 e. The summed E-state index contributed by atoms with van der Waals surface area (Å²) in [6.07, 6.45) is 2.59. The van der Waals surface area contributed by atoms with Gasteiger partial charge in [-0.2, -0.15) is 5.10 Å². The summed E-state index contributed by atoms with van der Waals surface area (Å²) in [6.45, 7) is 1.76. The van der Waals surface area contributed by atoms with E-state index in [2.05, 4.69) is 37.3 Å². The van der Waals surface area contributed by atoms with E-state index in [0.717, 1.165) is 0 Å². The average Bonchev–Trinajstić information content (AvgIpc) is 1.77. The molecule has 0 saturated heterocycles. The molecule has 0 aromatic carbocycles. The molecule has 0 saturated carbocycles. The van der Waals surface area contributed by atoms with Gasteiger partial charge in [-0.1, -0.05) is 6.92 Å². The third-order valence-corrected chi connectivity index (χ3v) is 0.928. The molecule has 0 bridgehead atoms. The molecule has 5 heteroatoms. The van der Waals surface area contributed by atoms with Crippen molar-refractivity contribution in [1.29, 1.82) is 0 Å². The van der Waals surface area contributed by atoms with Crippen LogP contribution in [0.2, 0.25) is 0 Å². The van der Waals surface area contributed by atoms with E-state index in [9.17, 15) is 0 Å². The Morgan fingerprint density at radius 1 is 1.44 bits per heavy atom. The number of nitrogens with zero attached hydrogens (tertiary/aromatic N) is 3. The first-order valence-electron chi connectivity index (χ1n) is 2.03. The van der Waals surface area contributed by atoms with E-state index >= 15 is 0 Å². The molecule has 0 spiro atoms. The van der Waals surface area contributed by atoms with E-state index in [-0.39, 0.29) is 18.6 Å². The predicted molar refractivity (Wildman–Crippen MR) is 31.1 cm³/mol. The van der Waals surface area contributed by atoms with Crippen LogP contribution in [0.4, 0.5) is 0 Å². The standard InChI is InChI=1S/C4H3BrN3.V/c1-3-6-2-4(5)8-7-3;/h1H3;/q-1;. The number of hydrogen-bond acceptors (Lipinski definition) is 3. The average molecular weight is 224 g/mol. The van der Waals surface area contributed by atoms with Crippen LogP contribution in [0.15, 0.2) is 4.60 Å². The van der Waals surface area contributed by atoms with E-state index in [0.29, 0.717) is 10.4 Å². The van der Waals surface area contributed by atoms with Crippen LogP contribution in [-0.2, 0) is 18.6 Å². The quantitative estimate of drug-likeness (QED) is 0.610. The summed E-state index contributed by atoms with van der Waals surface area (Å²) in [5.41, 5.74) is 0. The van der Waals surface area contributed by atoms with E-state index in [4.69, 9.17) is 0 Å². The Labute approximate surface area is 73.3 Å². The van der Waals surface area contributed by atoms with Crippen molar-refractivity contribution < 1.29 is 18.6 Å². The SMILES string of the molecule is Cc1n[c-]c(Br)nn1.[V]. The monoisotopic (exact) mass is 223 g/mol. The van der Waals surface area contributed by atoms with Gasteiger partial charge in [0.25, 0.3) is 0 Å². The molecule has 1 rings (SSSR count). The molecule has 1 aromatic rings. The molecule has 0 atom stereocenters. The fourth-order valence-corrected chi connectivity index (χ4v) is 0.456. The van der Waals surface area contributed by atoms with Crippen molar-refractivity contribution in [1.82, 2.24) is 15.2 Å². The molecule has 1 radical (unpaired) electrons. The predicted octanol–water partition coefficient (Wildman–Crippen LogP) is 0.740. The zero-order valence-corrected chi connectivity index (χ0v) is 7.65. The Hall–Kier alpha value is 0.0744. The summed E-state index contributed by atoms with van der Waals surface area (Å²) in [5.74, 6) is 0.633. The van der Waals surface area contributed by atoms with E-state index < -0.39 is 0 Å². The number of aryl methyl sites for hydroxylation is 1. The van der Waals surface area contributed by atoms with Crippen molar-refractivity contribution in [3.63, 3.8) is 0 Å². The van der Waals surface area contributed by atoms with Gasteiger partial charge in [-0.25, -0.2) is 5.10 Å². The van der Waals surface area contributed by atoms with Gasteiger partial charge in [0.2, 0.25) is 0 Å². The number of aromatic nitrogens is 3. The van der Waals surface area contributed by atoms with Gasteiger partial charge in [0.15, 0.2) is 0 Å². The van der Waals surface area contributed by atoms with Crippen LogP contribution < -0.4 is 0 Å². The molecular formula is C4H3BrN3V-. The van der Waals surface area contributed by atoms with E-state index in [1.165, 1.54) is 0 Å². The first-order chi connectivity index (χ1) is 3.79. The van der Waals surface area contributed by atoms with Crippen molar-refractivity contribution in [2.24, 2.45) is 0 Å². The number of rotatable bonds is 0. The van der Waals surface area contributed by atoms with E-state index in [1.54, 1.807) is 6.92 Å². The summed E-state index contributed by atoms with van der Waals surface area (Å²) in [6, 6.07) is 0. The smallest absolute Gasteiger partial charge is 0.0554 e. The van der Waals surface area contributed by atoms with Crippen molar-refractivity contribution in [2.45, 2.75) is 6.92 Å². The van der Waals surface area contributed by atoms with Crippen LogP contribution >= 0.6 is 15.9 Å². The summed E-state index contributed by atoms with van der Waals surface area (Å²) >= 11 is 3.05. The van der Waals surface area contributed by atoms with Crippen molar-refractivity contribution in [3.8, 4) is 0 Å². The molecular weight excluding hydrogens is 221 g/mol. The molecule has 1 aromatic heterocycles. The minimum absolute atomic E-state index is 0. The maximum Gasteiger partial charge on any atom is 0.0554 e. The summed E-state index contributed by atoms with van der Waals surface area (Å²) in [7, 11) is 0. The number of halogens is 1. The van der Waals surface area contributed by atoms with Crippen LogP contribution in [0.25, 0.3) is 0 Å². The molecule has 0 N–H and O–H groups in total. The largest absolute Gasteiger partial charge is 0.435 e. The van der Waals surface area contributed by atoms with Gasteiger partial charge in [0.05, 0.1) is 4.60 Å². The minimum atomic E-state index is 0. The molecule has 47 valence electrons.